The maximum atomic E-state index is 3.54. The Morgan fingerprint density at radius 3 is 1.92 bits per heavy atom. The second-order valence-corrected chi connectivity index (χ2v) is 7.83. The molecule has 0 amide bonds. The van der Waals surface area contributed by atoms with Crippen LogP contribution in [0.3, 0.4) is 0 Å². The lowest BCUT2D eigenvalue weighted by Gasteiger charge is -2.22. The van der Waals surface area contributed by atoms with Crippen LogP contribution in [0.5, 0.6) is 0 Å². The van der Waals surface area contributed by atoms with Crippen LogP contribution in [0.25, 0.3) is 0 Å². The molecule has 0 saturated heterocycles. The van der Waals surface area contributed by atoms with Gasteiger partial charge in [-0.2, -0.15) is 0 Å². The van der Waals surface area contributed by atoms with Crippen LogP contribution in [0.2, 0.25) is 0 Å². The molecule has 0 spiro atoms. The zero-order valence-corrected chi connectivity index (χ0v) is 16.4. The molecule has 1 fully saturated rings. The first kappa shape index (κ1) is 18.4. The number of rotatable bonds is 0. The maximum absolute atomic E-state index is 3.54. The fourth-order valence-electron chi connectivity index (χ4n) is 3.59. The molecular formula is C26H28. The van der Waals surface area contributed by atoms with E-state index in [0.717, 1.165) is 17.0 Å². The van der Waals surface area contributed by atoms with Gasteiger partial charge in [0, 0.05) is 22.6 Å². The molecular weight excluding hydrogens is 312 g/mol. The Labute approximate surface area is 159 Å². The van der Waals surface area contributed by atoms with Gasteiger partial charge in [0.05, 0.1) is 0 Å². The van der Waals surface area contributed by atoms with Crippen LogP contribution in [0, 0.1) is 56.3 Å². The fourth-order valence-corrected chi connectivity index (χ4v) is 3.59. The Kier molecular flexibility index (Phi) is 5.85. The molecule has 1 aliphatic rings. The van der Waals surface area contributed by atoms with E-state index in [1.807, 2.05) is 0 Å². The quantitative estimate of drug-likeness (QED) is 0.502. The third-order valence-electron chi connectivity index (χ3n) is 5.35. The van der Waals surface area contributed by atoms with E-state index in [4.69, 9.17) is 0 Å². The van der Waals surface area contributed by atoms with Gasteiger partial charge in [0.15, 0.2) is 0 Å². The highest BCUT2D eigenvalue weighted by atomic mass is 14.2. The molecule has 1 saturated carbocycles. The van der Waals surface area contributed by atoms with Crippen molar-refractivity contribution in [1.82, 2.24) is 0 Å². The van der Waals surface area contributed by atoms with Gasteiger partial charge in [0.25, 0.3) is 0 Å². The first-order chi connectivity index (χ1) is 12.5. The van der Waals surface area contributed by atoms with Crippen LogP contribution in [0.4, 0.5) is 0 Å². The Hall–Kier alpha value is -2.44. The monoisotopic (exact) mass is 340 g/mol. The van der Waals surface area contributed by atoms with Gasteiger partial charge in [-0.05, 0) is 87.8 Å². The summed E-state index contributed by atoms with van der Waals surface area (Å²) in [6.45, 7) is 8.75. The van der Waals surface area contributed by atoms with Crippen molar-refractivity contribution >= 4 is 0 Å². The summed E-state index contributed by atoms with van der Waals surface area (Å²) in [6, 6.07) is 12.7. The van der Waals surface area contributed by atoms with Crippen LogP contribution >= 0.6 is 0 Å². The summed E-state index contributed by atoms with van der Waals surface area (Å²) in [5.41, 5.74) is 7.03. The zero-order chi connectivity index (χ0) is 18.5. The molecule has 0 heteroatoms. The first-order valence-corrected chi connectivity index (χ1v) is 9.73. The smallest absolute Gasteiger partial charge is 0.0304 e. The summed E-state index contributed by atoms with van der Waals surface area (Å²) in [7, 11) is 0. The average Bonchev–Trinajstić information content (AvgIpc) is 2.62. The minimum Gasteiger partial charge on any atom is -0.0945 e. The highest BCUT2D eigenvalue weighted by Crippen LogP contribution is 2.28. The van der Waals surface area contributed by atoms with Crippen molar-refractivity contribution in [3.63, 3.8) is 0 Å². The van der Waals surface area contributed by atoms with Gasteiger partial charge in [-0.3, -0.25) is 0 Å². The van der Waals surface area contributed by atoms with Crippen molar-refractivity contribution < 1.29 is 0 Å². The molecule has 0 bridgehead atoms. The Bertz CT molecular complexity index is 860. The number of aryl methyl sites for hydroxylation is 3. The van der Waals surface area contributed by atoms with E-state index in [9.17, 15) is 0 Å². The molecule has 0 atom stereocenters. The van der Waals surface area contributed by atoms with Crippen LogP contribution in [-0.4, -0.2) is 0 Å². The van der Waals surface area contributed by atoms with E-state index in [1.165, 1.54) is 47.9 Å². The van der Waals surface area contributed by atoms with Gasteiger partial charge in [0.1, 0.15) is 0 Å². The van der Waals surface area contributed by atoms with E-state index < -0.39 is 0 Å². The molecule has 0 radical (unpaired) electrons. The lowest BCUT2D eigenvalue weighted by atomic mass is 9.83. The zero-order valence-electron chi connectivity index (χ0n) is 16.4. The van der Waals surface area contributed by atoms with Crippen molar-refractivity contribution in [3.8, 4) is 23.7 Å². The Morgan fingerprint density at radius 1 is 0.731 bits per heavy atom. The maximum Gasteiger partial charge on any atom is 0.0304 e. The van der Waals surface area contributed by atoms with Crippen molar-refractivity contribution in [2.24, 2.45) is 11.8 Å². The van der Waals surface area contributed by atoms with E-state index in [1.54, 1.807) is 0 Å². The van der Waals surface area contributed by atoms with Crippen molar-refractivity contribution in [2.75, 3.05) is 0 Å². The molecule has 2 aromatic carbocycles. The largest absolute Gasteiger partial charge is 0.0945 e. The highest BCUT2D eigenvalue weighted by molar-refractivity contribution is 5.53. The van der Waals surface area contributed by atoms with Crippen LogP contribution in [0.15, 0.2) is 36.4 Å². The number of hydrogen-bond acceptors (Lipinski definition) is 0. The normalized spacial score (nSPS) is 19.1. The van der Waals surface area contributed by atoms with Gasteiger partial charge < -0.3 is 0 Å². The van der Waals surface area contributed by atoms with Gasteiger partial charge in [0.2, 0.25) is 0 Å². The second-order valence-electron chi connectivity index (χ2n) is 7.83. The third-order valence-corrected chi connectivity index (χ3v) is 5.35. The summed E-state index contributed by atoms with van der Waals surface area (Å²) < 4.78 is 0. The topological polar surface area (TPSA) is 0 Å². The Morgan fingerprint density at radius 2 is 1.31 bits per heavy atom. The van der Waals surface area contributed by atoms with E-state index in [-0.39, 0.29) is 0 Å². The molecule has 0 nitrogen and oxygen atoms in total. The predicted octanol–water partition coefficient (Wildman–Crippen LogP) is 6.19. The van der Waals surface area contributed by atoms with Crippen molar-refractivity contribution in [3.05, 3.63) is 69.8 Å². The SMILES string of the molecule is Cc1ccc(C#Cc2cc(C)c(C#CC3CCC(C)CC3)c(C)c2)cc1. The molecule has 0 heterocycles. The average molecular weight is 341 g/mol. The number of hydrogen-bond donors (Lipinski definition) is 0. The predicted molar refractivity (Wildman–Crippen MR) is 111 cm³/mol. The summed E-state index contributed by atoms with van der Waals surface area (Å²) in [6.07, 6.45) is 5.16. The van der Waals surface area contributed by atoms with E-state index in [2.05, 4.69) is 87.8 Å². The van der Waals surface area contributed by atoms with E-state index in [0.29, 0.717) is 5.92 Å². The summed E-state index contributed by atoms with van der Waals surface area (Å²) in [5.74, 6) is 15.0. The molecule has 26 heavy (non-hydrogen) atoms. The molecule has 1 aliphatic carbocycles. The minimum absolute atomic E-state index is 0.575. The van der Waals surface area contributed by atoms with Gasteiger partial charge >= 0.3 is 0 Å². The van der Waals surface area contributed by atoms with Crippen molar-refractivity contribution in [2.45, 2.75) is 53.4 Å². The lowest BCUT2D eigenvalue weighted by molar-refractivity contribution is 0.337. The standard InChI is InChI=1S/C26H28/c1-19-5-9-23(10-6-19)13-14-25-17-21(3)26(22(4)18-25)16-15-24-11-7-20(2)8-12-24/h5-6,9-10,17-18,20,24H,7-8,11-12H2,1-4H3. The third kappa shape index (κ3) is 4.80. The van der Waals surface area contributed by atoms with Crippen LogP contribution in [0.1, 0.15) is 66.0 Å². The molecule has 0 unspecified atom stereocenters. The van der Waals surface area contributed by atoms with Gasteiger partial charge in [-0.15, -0.1) is 0 Å². The van der Waals surface area contributed by atoms with Crippen molar-refractivity contribution in [1.29, 1.82) is 0 Å². The highest BCUT2D eigenvalue weighted by Gasteiger charge is 2.16. The Balaban J connectivity index is 1.78. The summed E-state index contributed by atoms with van der Waals surface area (Å²) in [5, 5.41) is 0. The molecule has 3 rings (SSSR count). The van der Waals surface area contributed by atoms with Gasteiger partial charge in [-0.1, -0.05) is 48.3 Å². The molecule has 0 N–H and O–H groups in total. The molecule has 0 aliphatic heterocycles. The molecule has 132 valence electrons. The minimum atomic E-state index is 0.575. The summed E-state index contributed by atoms with van der Waals surface area (Å²) >= 11 is 0. The van der Waals surface area contributed by atoms with Gasteiger partial charge in [-0.25, -0.2) is 0 Å². The second kappa shape index (κ2) is 8.29. The molecule has 2 aromatic rings. The first-order valence-electron chi connectivity index (χ1n) is 9.73. The van der Waals surface area contributed by atoms with E-state index >= 15 is 0 Å². The summed E-state index contributed by atoms with van der Waals surface area (Å²) in [4.78, 5) is 0. The van der Waals surface area contributed by atoms with Crippen LogP contribution in [-0.2, 0) is 0 Å². The fraction of sp³-hybridized carbons (Fsp3) is 0.385. The molecule has 0 aromatic heterocycles. The number of benzene rings is 2. The lowest BCUT2D eigenvalue weighted by Crippen LogP contribution is -2.10. The van der Waals surface area contributed by atoms with Crippen LogP contribution < -0.4 is 0 Å².